The second-order valence-electron chi connectivity index (χ2n) is 4.19. The molecule has 1 aromatic heterocycles. The number of anilines is 2. The number of aromatic nitrogens is 1. The highest BCUT2D eigenvalue weighted by atomic mass is 32.1. The minimum absolute atomic E-state index is 0.275. The normalized spacial score (nSPS) is 12.2. The first-order valence-corrected chi connectivity index (χ1v) is 6.48. The molecular formula is C13H17N3S. The van der Waals surface area contributed by atoms with Gasteiger partial charge in [-0.2, -0.15) is 0 Å². The van der Waals surface area contributed by atoms with Crippen LogP contribution in [-0.2, 0) is 0 Å². The summed E-state index contributed by atoms with van der Waals surface area (Å²) in [5.74, 6) is 0. The third kappa shape index (κ3) is 2.97. The van der Waals surface area contributed by atoms with Crippen molar-refractivity contribution >= 4 is 22.2 Å². The maximum Gasteiger partial charge on any atom is 0.183 e. The molecule has 1 N–H and O–H groups in total. The van der Waals surface area contributed by atoms with Crippen LogP contribution in [0, 0.1) is 0 Å². The number of benzene rings is 1. The summed E-state index contributed by atoms with van der Waals surface area (Å²) in [4.78, 5) is 6.33. The molecule has 0 fully saturated rings. The van der Waals surface area contributed by atoms with Crippen LogP contribution in [0.1, 0.15) is 18.5 Å². The standard InChI is InChI=1S/C13H17N3S/c1-10(15-13-14-8-9-17-13)11-4-6-12(7-5-11)16(2)3/h4-10H,1-3H3,(H,14,15). The van der Waals surface area contributed by atoms with Crippen molar-refractivity contribution in [1.29, 1.82) is 0 Å². The van der Waals surface area contributed by atoms with E-state index in [1.54, 1.807) is 11.3 Å². The second-order valence-corrected chi connectivity index (χ2v) is 5.08. The van der Waals surface area contributed by atoms with E-state index in [2.05, 4.69) is 46.4 Å². The fourth-order valence-electron chi connectivity index (χ4n) is 1.62. The molecule has 90 valence electrons. The molecule has 1 atom stereocenters. The van der Waals surface area contributed by atoms with Crippen molar-refractivity contribution in [2.45, 2.75) is 13.0 Å². The molecule has 0 saturated heterocycles. The number of thiazole rings is 1. The number of rotatable bonds is 4. The Hall–Kier alpha value is -1.55. The van der Waals surface area contributed by atoms with Crippen molar-refractivity contribution in [2.24, 2.45) is 0 Å². The van der Waals surface area contributed by atoms with Gasteiger partial charge in [0.05, 0.1) is 6.04 Å². The average Bonchev–Trinajstić information content (AvgIpc) is 2.82. The van der Waals surface area contributed by atoms with Gasteiger partial charge in [0.2, 0.25) is 0 Å². The van der Waals surface area contributed by atoms with Gasteiger partial charge in [-0.05, 0) is 24.6 Å². The maximum absolute atomic E-state index is 4.23. The molecule has 4 heteroatoms. The third-order valence-corrected chi connectivity index (χ3v) is 3.39. The SMILES string of the molecule is CC(Nc1nccs1)c1ccc(N(C)C)cc1. The van der Waals surface area contributed by atoms with Crippen LogP contribution >= 0.6 is 11.3 Å². The smallest absolute Gasteiger partial charge is 0.183 e. The molecule has 0 aliphatic heterocycles. The number of nitrogens with one attached hydrogen (secondary N) is 1. The van der Waals surface area contributed by atoms with Gasteiger partial charge in [-0.15, -0.1) is 11.3 Å². The lowest BCUT2D eigenvalue weighted by atomic mass is 10.1. The fourth-order valence-corrected chi connectivity index (χ4v) is 2.24. The molecule has 17 heavy (non-hydrogen) atoms. The molecule has 1 heterocycles. The van der Waals surface area contributed by atoms with E-state index < -0.39 is 0 Å². The zero-order valence-electron chi connectivity index (χ0n) is 10.3. The summed E-state index contributed by atoms with van der Waals surface area (Å²) in [6.45, 7) is 2.14. The summed E-state index contributed by atoms with van der Waals surface area (Å²) in [6.07, 6.45) is 1.81. The van der Waals surface area contributed by atoms with Crippen molar-refractivity contribution in [3.05, 3.63) is 41.4 Å². The highest BCUT2D eigenvalue weighted by Crippen LogP contribution is 2.22. The molecule has 0 aliphatic rings. The lowest BCUT2D eigenvalue weighted by molar-refractivity contribution is 0.881. The molecule has 0 radical (unpaired) electrons. The van der Waals surface area contributed by atoms with Gasteiger partial charge in [0.1, 0.15) is 0 Å². The van der Waals surface area contributed by atoms with Crippen molar-refractivity contribution < 1.29 is 0 Å². The van der Waals surface area contributed by atoms with Crippen molar-refractivity contribution in [1.82, 2.24) is 4.98 Å². The maximum atomic E-state index is 4.23. The van der Waals surface area contributed by atoms with Gasteiger partial charge in [0, 0.05) is 31.4 Å². The monoisotopic (exact) mass is 247 g/mol. The van der Waals surface area contributed by atoms with Gasteiger partial charge in [0.25, 0.3) is 0 Å². The highest BCUT2D eigenvalue weighted by molar-refractivity contribution is 7.13. The third-order valence-electron chi connectivity index (χ3n) is 2.68. The molecule has 0 saturated carbocycles. The van der Waals surface area contributed by atoms with Gasteiger partial charge in [0.15, 0.2) is 5.13 Å². The molecule has 0 amide bonds. The van der Waals surface area contributed by atoms with Crippen molar-refractivity contribution in [3.8, 4) is 0 Å². The zero-order valence-corrected chi connectivity index (χ0v) is 11.2. The lowest BCUT2D eigenvalue weighted by Gasteiger charge is -2.16. The van der Waals surface area contributed by atoms with E-state index in [4.69, 9.17) is 0 Å². The van der Waals surface area contributed by atoms with Crippen LogP contribution in [0.25, 0.3) is 0 Å². The number of nitrogens with zero attached hydrogens (tertiary/aromatic N) is 2. The van der Waals surface area contributed by atoms with Gasteiger partial charge < -0.3 is 10.2 Å². The van der Waals surface area contributed by atoms with Crippen LogP contribution in [-0.4, -0.2) is 19.1 Å². The van der Waals surface area contributed by atoms with Gasteiger partial charge in [-0.25, -0.2) is 4.98 Å². The summed E-state index contributed by atoms with van der Waals surface area (Å²) in [5.41, 5.74) is 2.49. The summed E-state index contributed by atoms with van der Waals surface area (Å²) < 4.78 is 0. The van der Waals surface area contributed by atoms with Crippen LogP contribution < -0.4 is 10.2 Å². The summed E-state index contributed by atoms with van der Waals surface area (Å²) >= 11 is 1.62. The highest BCUT2D eigenvalue weighted by Gasteiger charge is 2.06. The molecule has 2 rings (SSSR count). The quantitative estimate of drug-likeness (QED) is 0.897. The predicted molar refractivity (Wildman–Crippen MR) is 74.9 cm³/mol. The Morgan fingerprint density at radius 2 is 1.94 bits per heavy atom. The van der Waals surface area contributed by atoms with Crippen molar-refractivity contribution in [2.75, 3.05) is 24.3 Å². The molecule has 2 aromatic rings. The van der Waals surface area contributed by atoms with Crippen LogP contribution in [0.4, 0.5) is 10.8 Å². The van der Waals surface area contributed by atoms with Crippen LogP contribution in [0.15, 0.2) is 35.8 Å². The van der Waals surface area contributed by atoms with Crippen LogP contribution in [0.5, 0.6) is 0 Å². The van der Waals surface area contributed by atoms with E-state index in [0.717, 1.165) is 5.13 Å². The first-order chi connectivity index (χ1) is 8.16. The van der Waals surface area contributed by atoms with E-state index in [0.29, 0.717) is 0 Å². The minimum atomic E-state index is 0.275. The van der Waals surface area contributed by atoms with Crippen molar-refractivity contribution in [3.63, 3.8) is 0 Å². The zero-order chi connectivity index (χ0) is 12.3. The first-order valence-electron chi connectivity index (χ1n) is 5.60. The Kier molecular flexibility index (Phi) is 3.64. The summed E-state index contributed by atoms with van der Waals surface area (Å²) in [6, 6.07) is 8.85. The Balaban J connectivity index is 2.06. The van der Waals surface area contributed by atoms with E-state index in [-0.39, 0.29) is 6.04 Å². The molecular weight excluding hydrogens is 230 g/mol. The molecule has 0 spiro atoms. The fraction of sp³-hybridized carbons (Fsp3) is 0.308. The van der Waals surface area contributed by atoms with Crippen LogP contribution in [0.3, 0.4) is 0 Å². The van der Waals surface area contributed by atoms with Gasteiger partial charge in [-0.1, -0.05) is 12.1 Å². The van der Waals surface area contributed by atoms with Gasteiger partial charge >= 0.3 is 0 Å². The number of hydrogen-bond donors (Lipinski definition) is 1. The number of hydrogen-bond acceptors (Lipinski definition) is 4. The molecule has 0 aliphatic carbocycles. The Bertz CT molecular complexity index is 448. The predicted octanol–water partition coefficient (Wildman–Crippen LogP) is 3.38. The molecule has 1 unspecified atom stereocenters. The van der Waals surface area contributed by atoms with E-state index in [9.17, 15) is 0 Å². The topological polar surface area (TPSA) is 28.2 Å². The Morgan fingerprint density at radius 3 is 2.47 bits per heavy atom. The van der Waals surface area contributed by atoms with E-state index in [1.807, 2.05) is 25.7 Å². The Labute approximate surface area is 106 Å². The minimum Gasteiger partial charge on any atom is -0.378 e. The van der Waals surface area contributed by atoms with E-state index in [1.165, 1.54) is 11.3 Å². The average molecular weight is 247 g/mol. The van der Waals surface area contributed by atoms with E-state index >= 15 is 0 Å². The lowest BCUT2D eigenvalue weighted by Crippen LogP contribution is -2.10. The summed E-state index contributed by atoms with van der Waals surface area (Å²) in [5, 5.41) is 6.32. The van der Waals surface area contributed by atoms with Gasteiger partial charge in [-0.3, -0.25) is 0 Å². The molecule has 3 nitrogen and oxygen atoms in total. The first kappa shape index (κ1) is 11.9. The molecule has 1 aromatic carbocycles. The van der Waals surface area contributed by atoms with Crippen LogP contribution in [0.2, 0.25) is 0 Å². The largest absolute Gasteiger partial charge is 0.378 e. The Morgan fingerprint density at radius 1 is 1.24 bits per heavy atom. The summed E-state index contributed by atoms with van der Waals surface area (Å²) in [7, 11) is 4.10. The second kappa shape index (κ2) is 5.19. The molecule has 0 bridgehead atoms.